The van der Waals surface area contributed by atoms with E-state index in [0.717, 1.165) is 22.4 Å². The van der Waals surface area contributed by atoms with Crippen LogP contribution in [-0.4, -0.2) is 30.0 Å². The van der Waals surface area contributed by atoms with Gasteiger partial charge in [-0.1, -0.05) is 29.8 Å². The molecule has 178 valence electrons. The molecule has 0 saturated carbocycles. The van der Waals surface area contributed by atoms with Crippen LogP contribution in [0.15, 0.2) is 66.2 Å². The Morgan fingerprint density at radius 2 is 1.86 bits per heavy atom. The second-order valence-corrected chi connectivity index (χ2v) is 9.19. The fraction of sp³-hybridized carbons (Fsp3) is 0.241. The van der Waals surface area contributed by atoms with Crippen molar-refractivity contribution in [2.24, 2.45) is 0 Å². The molecule has 0 aliphatic carbocycles. The summed E-state index contributed by atoms with van der Waals surface area (Å²) in [6, 6.07) is 17.5. The molecule has 2 unspecified atom stereocenters. The van der Waals surface area contributed by atoms with Gasteiger partial charge in [0.25, 0.3) is 11.7 Å². The van der Waals surface area contributed by atoms with Crippen LogP contribution in [0.1, 0.15) is 40.8 Å². The zero-order valence-electron chi connectivity index (χ0n) is 20.2. The van der Waals surface area contributed by atoms with Gasteiger partial charge in [-0.25, -0.2) is 0 Å². The van der Waals surface area contributed by atoms with E-state index in [0.29, 0.717) is 29.0 Å². The van der Waals surface area contributed by atoms with Crippen LogP contribution in [0.3, 0.4) is 0 Å². The van der Waals surface area contributed by atoms with Gasteiger partial charge in [-0.2, -0.15) is 0 Å². The number of aliphatic hydroxyl groups excluding tert-OH is 1. The molecular formula is C29H27NO5. The van der Waals surface area contributed by atoms with E-state index in [1.54, 1.807) is 31.4 Å². The van der Waals surface area contributed by atoms with E-state index < -0.39 is 17.7 Å². The van der Waals surface area contributed by atoms with E-state index in [9.17, 15) is 14.7 Å². The summed E-state index contributed by atoms with van der Waals surface area (Å²) < 4.78 is 11.2. The van der Waals surface area contributed by atoms with Crippen molar-refractivity contribution in [3.05, 3.63) is 94.1 Å². The lowest BCUT2D eigenvalue weighted by Gasteiger charge is -2.27. The second-order valence-electron chi connectivity index (χ2n) is 9.19. The van der Waals surface area contributed by atoms with Crippen LogP contribution in [0.25, 0.3) is 5.76 Å². The molecule has 3 aromatic rings. The van der Waals surface area contributed by atoms with E-state index in [-0.39, 0.29) is 17.4 Å². The molecule has 2 atom stereocenters. The summed E-state index contributed by atoms with van der Waals surface area (Å²) >= 11 is 0. The first-order valence-electron chi connectivity index (χ1n) is 11.6. The number of hydrogen-bond donors (Lipinski definition) is 1. The van der Waals surface area contributed by atoms with Crippen molar-refractivity contribution in [3.8, 4) is 11.5 Å². The molecule has 2 aliphatic heterocycles. The number of aryl methyl sites for hydroxylation is 2. The normalized spacial score (nSPS) is 20.6. The summed E-state index contributed by atoms with van der Waals surface area (Å²) in [5.74, 6) is -0.234. The SMILES string of the molecule is COc1cccc(C2/C(=C(/O)c3ccc4c(c3)CC(C)O4)C(=O)C(=O)N2c2ccc(C)cc2C)c1. The molecule has 1 amide bonds. The molecule has 2 aliphatic rings. The largest absolute Gasteiger partial charge is 0.507 e. The van der Waals surface area contributed by atoms with Crippen LogP contribution in [0.5, 0.6) is 11.5 Å². The first-order valence-corrected chi connectivity index (χ1v) is 11.6. The number of ether oxygens (including phenoxy) is 2. The molecule has 0 bridgehead atoms. The minimum absolute atomic E-state index is 0.0503. The van der Waals surface area contributed by atoms with E-state index in [1.165, 1.54) is 4.90 Å². The Kier molecular flexibility index (Phi) is 5.59. The lowest BCUT2D eigenvalue weighted by Crippen LogP contribution is -2.30. The lowest BCUT2D eigenvalue weighted by molar-refractivity contribution is -0.132. The van der Waals surface area contributed by atoms with Gasteiger partial charge >= 0.3 is 0 Å². The number of aliphatic hydroxyl groups is 1. The number of Topliss-reactive ketones (excluding diaryl/α,β-unsaturated/α-hetero) is 1. The van der Waals surface area contributed by atoms with Gasteiger partial charge in [-0.15, -0.1) is 0 Å². The quantitative estimate of drug-likeness (QED) is 0.320. The maximum absolute atomic E-state index is 13.4. The van der Waals surface area contributed by atoms with Crippen LogP contribution in [0, 0.1) is 13.8 Å². The molecule has 6 heteroatoms. The zero-order valence-corrected chi connectivity index (χ0v) is 20.2. The predicted molar refractivity (Wildman–Crippen MR) is 134 cm³/mol. The number of fused-ring (bicyclic) bond motifs is 1. The summed E-state index contributed by atoms with van der Waals surface area (Å²) in [7, 11) is 1.56. The number of rotatable bonds is 4. The minimum Gasteiger partial charge on any atom is -0.507 e. The van der Waals surface area contributed by atoms with Gasteiger partial charge in [-0.05, 0) is 73.9 Å². The molecule has 2 heterocycles. The molecule has 0 radical (unpaired) electrons. The van der Waals surface area contributed by atoms with Gasteiger partial charge < -0.3 is 14.6 Å². The number of benzene rings is 3. The Labute approximate surface area is 204 Å². The molecule has 0 spiro atoms. The van der Waals surface area contributed by atoms with Gasteiger partial charge in [-0.3, -0.25) is 14.5 Å². The van der Waals surface area contributed by atoms with Crippen molar-refractivity contribution in [1.82, 2.24) is 0 Å². The smallest absolute Gasteiger partial charge is 0.300 e. The van der Waals surface area contributed by atoms with Gasteiger partial charge in [0.05, 0.1) is 18.7 Å². The summed E-state index contributed by atoms with van der Waals surface area (Å²) in [6.07, 6.45) is 0.765. The summed E-state index contributed by atoms with van der Waals surface area (Å²) in [4.78, 5) is 28.4. The number of carbonyl (C=O) groups excluding carboxylic acids is 2. The topological polar surface area (TPSA) is 76.1 Å². The average molecular weight is 470 g/mol. The fourth-order valence-corrected chi connectivity index (χ4v) is 5.01. The van der Waals surface area contributed by atoms with E-state index in [4.69, 9.17) is 9.47 Å². The van der Waals surface area contributed by atoms with Gasteiger partial charge in [0.15, 0.2) is 0 Å². The van der Waals surface area contributed by atoms with Crippen LogP contribution < -0.4 is 14.4 Å². The van der Waals surface area contributed by atoms with Crippen molar-refractivity contribution >= 4 is 23.1 Å². The third-order valence-corrected chi connectivity index (χ3v) is 6.64. The van der Waals surface area contributed by atoms with Gasteiger partial charge in [0, 0.05) is 17.7 Å². The highest BCUT2D eigenvalue weighted by molar-refractivity contribution is 6.51. The molecule has 0 aromatic heterocycles. The van der Waals surface area contributed by atoms with Gasteiger partial charge in [0.2, 0.25) is 0 Å². The number of hydrogen-bond acceptors (Lipinski definition) is 5. The third-order valence-electron chi connectivity index (χ3n) is 6.64. The van der Waals surface area contributed by atoms with E-state index in [1.807, 2.05) is 57.2 Å². The zero-order chi connectivity index (χ0) is 24.9. The second kappa shape index (κ2) is 8.62. The summed E-state index contributed by atoms with van der Waals surface area (Å²) in [6.45, 7) is 5.87. The Morgan fingerprint density at radius 1 is 1.06 bits per heavy atom. The number of amides is 1. The third kappa shape index (κ3) is 3.85. The Hall–Kier alpha value is -4.06. The molecule has 1 saturated heterocycles. The molecule has 35 heavy (non-hydrogen) atoms. The van der Waals surface area contributed by atoms with E-state index in [2.05, 4.69) is 0 Å². The van der Waals surface area contributed by atoms with Crippen molar-refractivity contribution < 1.29 is 24.2 Å². The van der Waals surface area contributed by atoms with Crippen molar-refractivity contribution in [2.75, 3.05) is 12.0 Å². The maximum Gasteiger partial charge on any atom is 0.300 e. The lowest BCUT2D eigenvalue weighted by atomic mass is 9.94. The van der Waals surface area contributed by atoms with Crippen molar-refractivity contribution in [1.29, 1.82) is 0 Å². The Morgan fingerprint density at radius 3 is 2.60 bits per heavy atom. The molecule has 6 nitrogen and oxygen atoms in total. The number of ketones is 1. The van der Waals surface area contributed by atoms with Crippen LogP contribution in [0.2, 0.25) is 0 Å². The molecular weight excluding hydrogens is 442 g/mol. The van der Waals surface area contributed by atoms with Crippen LogP contribution in [-0.2, 0) is 16.0 Å². The minimum atomic E-state index is -0.810. The number of methoxy groups -OCH3 is 1. The first kappa shape index (κ1) is 22.7. The highest BCUT2D eigenvalue weighted by atomic mass is 16.5. The number of anilines is 1. The van der Waals surface area contributed by atoms with Crippen molar-refractivity contribution in [3.63, 3.8) is 0 Å². The molecule has 5 rings (SSSR count). The average Bonchev–Trinajstić information content (AvgIpc) is 3.34. The Balaban J connectivity index is 1.72. The molecule has 1 N–H and O–H groups in total. The monoisotopic (exact) mass is 469 g/mol. The van der Waals surface area contributed by atoms with Gasteiger partial charge in [0.1, 0.15) is 23.4 Å². The fourth-order valence-electron chi connectivity index (χ4n) is 5.01. The number of nitrogens with zero attached hydrogens (tertiary/aromatic N) is 1. The van der Waals surface area contributed by atoms with Crippen molar-refractivity contribution in [2.45, 2.75) is 39.3 Å². The highest BCUT2D eigenvalue weighted by Crippen LogP contribution is 2.44. The van der Waals surface area contributed by atoms with E-state index >= 15 is 0 Å². The van der Waals surface area contributed by atoms with Crippen LogP contribution >= 0.6 is 0 Å². The Bertz CT molecular complexity index is 1390. The summed E-state index contributed by atoms with van der Waals surface area (Å²) in [5, 5.41) is 11.4. The number of carbonyl (C=O) groups is 2. The summed E-state index contributed by atoms with van der Waals surface area (Å²) in [5.41, 5.74) is 4.70. The first-order chi connectivity index (χ1) is 16.8. The predicted octanol–water partition coefficient (Wildman–Crippen LogP) is 5.26. The highest BCUT2D eigenvalue weighted by Gasteiger charge is 2.47. The maximum atomic E-state index is 13.4. The molecule has 1 fully saturated rings. The van der Waals surface area contributed by atoms with Crippen LogP contribution in [0.4, 0.5) is 5.69 Å². The molecule has 3 aromatic carbocycles. The standard InChI is InChI=1S/C29H27NO5/c1-16-8-10-23(17(2)12-16)30-26(19-6-5-7-22(15-19)34-4)25(28(32)29(30)33)27(31)20-9-11-24-21(14-20)13-18(3)35-24/h5-12,14-15,18,26,31H,13H2,1-4H3/b27-25-.